The monoisotopic (exact) mass is 187 g/mol. The van der Waals surface area contributed by atoms with Crippen molar-refractivity contribution in [3.63, 3.8) is 0 Å². The maximum atomic E-state index is 5.63. The van der Waals surface area contributed by atoms with Crippen molar-refractivity contribution in [3.8, 4) is 0 Å². The molecular weight excluding hydrogens is 162 g/mol. The molecule has 0 bridgehead atoms. The second-order valence-corrected chi connectivity index (χ2v) is 4.44. The standard InChI is InChI=1S/C11H25NO/c1-4-5-8-13-9-6-7-11(2,3)10-12/h4-10,12H2,1-3H3. The Kier molecular flexibility index (Phi) is 7.29. The number of unbranched alkanes of at least 4 members (excludes halogenated alkanes) is 1. The minimum atomic E-state index is 0.286. The van der Waals surface area contributed by atoms with Gasteiger partial charge in [0.1, 0.15) is 0 Å². The zero-order chi connectivity index (χ0) is 10.2. The van der Waals surface area contributed by atoms with Crippen molar-refractivity contribution in [3.05, 3.63) is 0 Å². The van der Waals surface area contributed by atoms with Crippen molar-refractivity contribution in [2.45, 2.75) is 46.5 Å². The minimum Gasteiger partial charge on any atom is -0.381 e. The molecule has 0 fully saturated rings. The van der Waals surface area contributed by atoms with Gasteiger partial charge in [0, 0.05) is 13.2 Å². The molecule has 0 aromatic carbocycles. The smallest absolute Gasteiger partial charge is 0.0466 e. The Morgan fingerprint density at radius 2 is 1.77 bits per heavy atom. The molecule has 0 unspecified atom stereocenters. The Morgan fingerprint density at radius 1 is 1.15 bits per heavy atom. The summed E-state index contributed by atoms with van der Waals surface area (Å²) in [6.07, 6.45) is 4.69. The van der Waals surface area contributed by atoms with E-state index in [1.807, 2.05) is 0 Å². The molecule has 2 nitrogen and oxygen atoms in total. The van der Waals surface area contributed by atoms with Crippen LogP contribution in [0.1, 0.15) is 46.5 Å². The minimum absolute atomic E-state index is 0.286. The van der Waals surface area contributed by atoms with Gasteiger partial charge in [-0.25, -0.2) is 0 Å². The summed E-state index contributed by atoms with van der Waals surface area (Å²) in [5.41, 5.74) is 5.91. The Hall–Kier alpha value is -0.0800. The molecular formula is C11H25NO. The van der Waals surface area contributed by atoms with E-state index in [0.29, 0.717) is 0 Å². The van der Waals surface area contributed by atoms with Crippen LogP contribution in [0, 0.1) is 5.41 Å². The third kappa shape index (κ3) is 8.26. The molecule has 0 aromatic rings. The van der Waals surface area contributed by atoms with E-state index >= 15 is 0 Å². The fraction of sp³-hybridized carbons (Fsp3) is 1.00. The van der Waals surface area contributed by atoms with E-state index in [-0.39, 0.29) is 5.41 Å². The second kappa shape index (κ2) is 7.34. The summed E-state index contributed by atoms with van der Waals surface area (Å²) in [5, 5.41) is 0. The van der Waals surface area contributed by atoms with Crippen LogP contribution in [0.4, 0.5) is 0 Å². The van der Waals surface area contributed by atoms with Crippen LogP contribution >= 0.6 is 0 Å². The molecule has 80 valence electrons. The molecule has 0 rings (SSSR count). The largest absolute Gasteiger partial charge is 0.381 e. The molecule has 0 heterocycles. The Labute approximate surface area is 82.8 Å². The van der Waals surface area contributed by atoms with Crippen LogP contribution in [0.15, 0.2) is 0 Å². The lowest BCUT2D eigenvalue weighted by atomic mass is 9.88. The highest BCUT2D eigenvalue weighted by Gasteiger charge is 2.14. The molecule has 0 radical (unpaired) electrons. The van der Waals surface area contributed by atoms with E-state index in [9.17, 15) is 0 Å². The number of hydrogen-bond acceptors (Lipinski definition) is 2. The lowest BCUT2D eigenvalue weighted by Crippen LogP contribution is -2.23. The molecule has 0 spiro atoms. The Bertz CT molecular complexity index is 113. The van der Waals surface area contributed by atoms with Crippen molar-refractivity contribution in [1.29, 1.82) is 0 Å². The Balaban J connectivity index is 3.16. The zero-order valence-electron chi connectivity index (χ0n) is 9.44. The lowest BCUT2D eigenvalue weighted by Gasteiger charge is -2.21. The quantitative estimate of drug-likeness (QED) is 0.593. The van der Waals surface area contributed by atoms with Gasteiger partial charge in [-0.3, -0.25) is 0 Å². The number of rotatable bonds is 8. The number of hydrogen-bond donors (Lipinski definition) is 1. The second-order valence-electron chi connectivity index (χ2n) is 4.44. The van der Waals surface area contributed by atoms with Gasteiger partial charge in [-0.2, -0.15) is 0 Å². The predicted octanol–water partition coefficient (Wildman–Crippen LogP) is 2.57. The molecule has 2 heteroatoms. The van der Waals surface area contributed by atoms with E-state index in [2.05, 4.69) is 20.8 Å². The van der Waals surface area contributed by atoms with Gasteiger partial charge in [0.2, 0.25) is 0 Å². The normalized spacial score (nSPS) is 12.0. The fourth-order valence-corrected chi connectivity index (χ4v) is 1.10. The maximum absolute atomic E-state index is 5.63. The van der Waals surface area contributed by atoms with Gasteiger partial charge in [0.15, 0.2) is 0 Å². The molecule has 0 aliphatic rings. The summed E-state index contributed by atoms with van der Waals surface area (Å²) in [6, 6.07) is 0. The van der Waals surface area contributed by atoms with Crippen molar-refractivity contribution >= 4 is 0 Å². The van der Waals surface area contributed by atoms with Crippen LogP contribution in [-0.2, 0) is 4.74 Å². The molecule has 13 heavy (non-hydrogen) atoms. The number of nitrogens with two attached hydrogens (primary N) is 1. The van der Waals surface area contributed by atoms with Crippen LogP contribution < -0.4 is 5.73 Å². The summed E-state index contributed by atoms with van der Waals surface area (Å²) in [7, 11) is 0. The van der Waals surface area contributed by atoms with Gasteiger partial charge >= 0.3 is 0 Å². The molecule has 0 aromatic heterocycles. The van der Waals surface area contributed by atoms with Gasteiger partial charge in [0.05, 0.1) is 0 Å². The van der Waals surface area contributed by atoms with Gasteiger partial charge < -0.3 is 10.5 Å². The summed E-state index contributed by atoms with van der Waals surface area (Å²) < 4.78 is 5.47. The zero-order valence-corrected chi connectivity index (χ0v) is 9.44. The Morgan fingerprint density at radius 3 is 2.31 bits per heavy atom. The molecule has 2 N–H and O–H groups in total. The highest BCUT2D eigenvalue weighted by atomic mass is 16.5. The maximum Gasteiger partial charge on any atom is 0.0466 e. The van der Waals surface area contributed by atoms with Crippen LogP contribution in [0.5, 0.6) is 0 Å². The molecule has 0 saturated carbocycles. The van der Waals surface area contributed by atoms with Gasteiger partial charge in [-0.1, -0.05) is 27.2 Å². The van der Waals surface area contributed by atoms with Crippen molar-refractivity contribution in [1.82, 2.24) is 0 Å². The average Bonchev–Trinajstić information content (AvgIpc) is 2.11. The fourth-order valence-electron chi connectivity index (χ4n) is 1.10. The van der Waals surface area contributed by atoms with Crippen LogP contribution in [-0.4, -0.2) is 19.8 Å². The van der Waals surface area contributed by atoms with E-state index in [1.54, 1.807) is 0 Å². The summed E-state index contributed by atoms with van der Waals surface area (Å²) in [4.78, 5) is 0. The first-order valence-corrected chi connectivity index (χ1v) is 5.40. The van der Waals surface area contributed by atoms with Crippen LogP contribution in [0.2, 0.25) is 0 Å². The third-order valence-electron chi connectivity index (χ3n) is 2.34. The summed E-state index contributed by atoms with van der Waals surface area (Å²) in [5.74, 6) is 0. The molecule has 0 amide bonds. The van der Waals surface area contributed by atoms with Crippen LogP contribution in [0.25, 0.3) is 0 Å². The van der Waals surface area contributed by atoms with E-state index in [0.717, 1.165) is 32.6 Å². The van der Waals surface area contributed by atoms with Crippen molar-refractivity contribution < 1.29 is 4.74 Å². The van der Waals surface area contributed by atoms with Crippen LogP contribution in [0.3, 0.4) is 0 Å². The van der Waals surface area contributed by atoms with Crippen molar-refractivity contribution in [2.24, 2.45) is 11.1 Å². The molecule has 0 aliphatic carbocycles. The third-order valence-corrected chi connectivity index (χ3v) is 2.34. The average molecular weight is 187 g/mol. The van der Waals surface area contributed by atoms with Gasteiger partial charge in [-0.15, -0.1) is 0 Å². The van der Waals surface area contributed by atoms with E-state index < -0.39 is 0 Å². The first kappa shape index (κ1) is 12.9. The number of ether oxygens (including phenoxy) is 1. The molecule has 0 aliphatic heterocycles. The summed E-state index contributed by atoms with van der Waals surface area (Å²) in [6.45, 7) is 9.17. The SMILES string of the molecule is CCCCOCCCC(C)(C)CN. The topological polar surface area (TPSA) is 35.2 Å². The highest BCUT2D eigenvalue weighted by molar-refractivity contribution is 4.68. The van der Waals surface area contributed by atoms with Gasteiger partial charge in [-0.05, 0) is 31.2 Å². The molecule has 0 saturated heterocycles. The first-order valence-electron chi connectivity index (χ1n) is 5.40. The lowest BCUT2D eigenvalue weighted by molar-refractivity contribution is 0.119. The summed E-state index contributed by atoms with van der Waals surface area (Å²) >= 11 is 0. The van der Waals surface area contributed by atoms with E-state index in [1.165, 1.54) is 12.8 Å². The van der Waals surface area contributed by atoms with Crippen molar-refractivity contribution in [2.75, 3.05) is 19.8 Å². The first-order chi connectivity index (χ1) is 6.12. The van der Waals surface area contributed by atoms with Gasteiger partial charge in [0.25, 0.3) is 0 Å². The predicted molar refractivity (Wildman–Crippen MR) is 57.8 cm³/mol. The highest BCUT2D eigenvalue weighted by Crippen LogP contribution is 2.19. The van der Waals surface area contributed by atoms with E-state index in [4.69, 9.17) is 10.5 Å². The molecule has 0 atom stereocenters.